The monoisotopic (exact) mass is 279 g/mol. The van der Waals surface area contributed by atoms with E-state index in [0.717, 1.165) is 23.2 Å². The Kier molecular flexibility index (Phi) is 4.41. The molecule has 2 aromatic rings. The summed E-state index contributed by atoms with van der Waals surface area (Å²) in [6.45, 7) is 8.94. The van der Waals surface area contributed by atoms with Gasteiger partial charge in [-0.05, 0) is 24.1 Å². The first-order chi connectivity index (χ1) is 9.49. The van der Waals surface area contributed by atoms with Crippen molar-refractivity contribution in [2.75, 3.05) is 0 Å². The van der Waals surface area contributed by atoms with E-state index in [2.05, 4.69) is 73.3 Å². The minimum atomic E-state index is -1.37. The van der Waals surface area contributed by atoms with Gasteiger partial charge in [-0.25, -0.2) is 0 Å². The van der Waals surface area contributed by atoms with Crippen LogP contribution in [-0.2, 0) is 6.42 Å². The van der Waals surface area contributed by atoms with Crippen molar-refractivity contribution in [1.29, 1.82) is 0 Å². The van der Waals surface area contributed by atoms with Crippen molar-refractivity contribution in [2.24, 2.45) is 0 Å². The summed E-state index contributed by atoms with van der Waals surface area (Å²) in [6.07, 6.45) is 2.90. The van der Waals surface area contributed by atoms with E-state index < -0.39 is 8.07 Å². The second-order valence-corrected chi connectivity index (χ2v) is 10.7. The number of benzene rings is 1. The van der Waals surface area contributed by atoms with E-state index in [0.29, 0.717) is 0 Å². The summed E-state index contributed by atoms with van der Waals surface area (Å²) in [5, 5.41) is 0. The molecule has 20 heavy (non-hydrogen) atoms. The highest BCUT2D eigenvalue weighted by Crippen LogP contribution is 2.21. The van der Waals surface area contributed by atoms with E-state index in [-0.39, 0.29) is 0 Å². The fourth-order valence-corrected chi connectivity index (χ4v) is 2.40. The molecule has 0 N–H and O–H groups in total. The first-order valence-electron chi connectivity index (χ1n) is 7.07. The summed E-state index contributed by atoms with van der Waals surface area (Å²) in [6, 6.07) is 12.6. The molecule has 0 radical (unpaired) electrons. The van der Waals surface area contributed by atoms with Gasteiger partial charge in [0.2, 0.25) is 0 Å². The Balaban J connectivity index is 2.43. The summed E-state index contributed by atoms with van der Waals surface area (Å²) >= 11 is 0. The standard InChI is InChI=1S/C18H21NSi/c1-5-15-8-10-17(11-9-15)18-16(7-6-13-19-18)12-14-20(2,3)4/h6-11,13H,5H2,1-4H3. The Morgan fingerprint density at radius 3 is 2.35 bits per heavy atom. The van der Waals surface area contributed by atoms with Crippen LogP contribution in [0.1, 0.15) is 18.1 Å². The molecule has 1 aromatic heterocycles. The molecule has 1 heterocycles. The van der Waals surface area contributed by atoms with Crippen molar-refractivity contribution in [3.05, 3.63) is 53.7 Å². The summed E-state index contributed by atoms with van der Waals surface area (Å²) in [7, 11) is -1.37. The second kappa shape index (κ2) is 6.07. The van der Waals surface area contributed by atoms with E-state index in [1.165, 1.54) is 5.56 Å². The third kappa shape index (κ3) is 3.82. The maximum absolute atomic E-state index is 4.52. The third-order valence-corrected chi connectivity index (χ3v) is 3.89. The predicted molar refractivity (Wildman–Crippen MR) is 89.3 cm³/mol. The lowest BCUT2D eigenvalue weighted by Crippen LogP contribution is -2.16. The van der Waals surface area contributed by atoms with Crippen LogP contribution in [0.2, 0.25) is 19.6 Å². The number of rotatable bonds is 2. The Labute approximate surface area is 123 Å². The summed E-state index contributed by atoms with van der Waals surface area (Å²) < 4.78 is 0. The molecule has 1 nitrogen and oxygen atoms in total. The number of aromatic nitrogens is 1. The Morgan fingerprint density at radius 2 is 1.75 bits per heavy atom. The van der Waals surface area contributed by atoms with Crippen LogP contribution >= 0.6 is 0 Å². The van der Waals surface area contributed by atoms with E-state index >= 15 is 0 Å². The zero-order valence-electron chi connectivity index (χ0n) is 12.7. The number of nitrogens with zero attached hydrogens (tertiary/aromatic N) is 1. The molecule has 2 rings (SSSR count). The van der Waals surface area contributed by atoms with Crippen molar-refractivity contribution in [3.8, 4) is 22.7 Å². The molecular weight excluding hydrogens is 258 g/mol. The lowest BCUT2D eigenvalue weighted by molar-refractivity contribution is 1.14. The first kappa shape index (κ1) is 14.6. The normalized spacial score (nSPS) is 10.8. The summed E-state index contributed by atoms with van der Waals surface area (Å²) in [4.78, 5) is 4.52. The average molecular weight is 279 g/mol. The SMILES string of the molecule is CCc1ccc(-c2ncccc2C#C[Si](C)(C)C)cc1. The van der Waals surface area contributed by atoms with Crippen LogP contribution in [0, 0.1) is 11.5 Å². The van der Waals surface area contributed by atoms with Crippen LogP contribution in [0.3, 0.4) is 0 Å². The zero-order chi connectivity index (χ0) is 14.6. The number of aryl methyl sites for hydroxylation is 1. The maximum Gasteiger partial charge on any atom is 0.129 e. The lowest BCUT2D eigenvalue weighted by atomic mass is 10.0. The molecule has 0 amide bonds. The van der Waals surface area contributed by atoms with Gasteiger partial charge in [-0.3, -0.25) is 4.98 Å². The van der Waals surface area contributed by atoms with E-state index in [1.54, 1.807) is 0 Å². The molecule has 0 spiro atoms. The number of hydrogen-bond acceptors (Lipinski definition) is 1. The van der Waals surface area contributed by atoms with Crippen LogP contribution < -0.4 is 0 Å². The molecule has 0 aliphatic heterocycles. The molecule has 2 heteroatoms. The Bertz CT molecular complexity index is 640. The van der Waals surface area contributed by atoms with Gasteiger partial charge >= 0.3 is 0 Å². The van der Waals surface area contributed by atoms with Gasteiger partial charge in [0.25, 0.3) is 0 Å². The highest BCUT2D eigenvalue weighted by atomic mass is 28.3. The Hall–Kier alpha value is -1.85. The molecule has 0 saturated carbocycles. The van der Waals surface area contributed by atoms with Gasteiger partial charge in [-0.1, -0.05) is 56.8 Å². The van der Waals surface area contributed by atoms with Gasteiger partial charge < -0.3 is 0 Å². The van der Waals surface area contributed by atoms with Gasteiger partial charge in [-0.2, -0.15) is 0 Å². The second-order valence-electron chi connectivity index (χ2n) is 5.95. The Morgan fingerprint density at radius 1 is 1.05 bits per heavy atom. The maximum atomic E-state index is 4.52. The fourth-order valence-electron chi connectivity index (χ4n) is 1.89. The van der Waals surface area contributed by atoms with Gasteiger partial charge in [0, 0.05) is 11.8 Å². The first-order valence-corrected chi connectivity index (χ1v) is 10.6. The van der Waals surface area contributed by atoms with Gasteiger partial charge in [0.15, 0.2) is 0 Å². The van der Waals surface area contributed by atoms with Crippen molar-refractivity contribution >= 4 is 8.07 Å². The smallest absolute Gasteiger partial charge is 0.129 e. The van der Waals surface area contributed by atoms with Gasteiger partial charge in [0.05, 0.1) is 11.3 Å². The van der Waals surface area contributed by atoms with E-state index in [4.69, 9.17) is 0 Å². The van der Waals surface area contributed by atoms with Crippen LogP contribution in [-0.4, -0.2) is 13.1 Å². The highest BCUT2D eigenvalue weighted by Gasteiger charge is 2.09. The largest absolute Gasteiger partial charge is 0.255 e. The van der Waals surface area contributed by atoms with Gasteiger partial charge in [-0.15, -0.1) is 5.54 Å². The summed E-state index contributed by atoms with van der Waals surface area (Å²) in [5.74, 6) is 3.33. The lowest BCUT2D eigenvalue weighted by Gasteiger charge is -2.07. The van der Waals surface area contributed by atoms with E-state index in [1.807, 2.05) is 12.3 Å². The molecule has 0 bridgehead atoms. The summed E-state index contributed by atoms with van der Waals surface area (Å²) in [5.41, 5.74) is 7.92. The predicted octanol–water partition coefficient (Wildman–Crippen LogP) is 4.54. The average Bonchev–Trinajstić information content (AvgIpc) is 2.45. The molecule has 0 saturated heterocycles. The topological polar surface area (TPSA) is 12.9 Å². The van der Waals surface area contributed by atoms with Crippen molar-refractivity contribution in [1.82, 2.24) is 4.98 Å². The van der Waals surface area contributed by atoms with E-state index in [9.17, 15) is 0 Å². The van der Waals surface area contributed by atoms with Crippen LogP contribution in [0.5, 0.6) is 0 Å². The number of hydrogen-bond donors (Lipinski definition) is 0. The molecule has 0 atom stereocenters. The third-order valence-electron chi connectivity index (χ3n) is 3.02. The zero-order valence-corrected chi connectivity index (χ0v) is 13.7. The van der Waals surface area contributed by atoms with Gasteiger partial charge in [0.1, 0.15) is 8.07 Å². The molecule has 102 valence electrons. The molecule has 0 unspecified atom stereocenters. The fraction of sp³-hybridized carbons (Fsp3) is 0.278. The van der Waals surface area contributed by atoms with Crippen molar-refractivity contribution in [2.45, 2.75) is 33.0 Å². The van der Waals surface area contributed by atoms with Crippen molar-refractivity contribution in [3.63, 3.8) is 0 Å². The number of pyridine rings is 1. The molecule has 1 aromatic carbocycles. The molecule has 0 aliphatic rings. The minimum Gasteiger partial charge on any atom is -0.255 e. The van der Waals surface area contributed by atoms with Crippen LogP contribution in [0.25, 0.3) is 11.3 Å². The molecular formula is C18H21NSi. The highest BCUT2D eigenvalue weighted by molar-refractivity contribution is 6.83. The minimum absolute atomic E-state index is 0.987. The van der Waals surface area contributed by atoms with Crippen LogP contribution in [0.15, 0.2) is 42.6 Å². The molecule has 0 fully saturated rings. The molecule has 0 aliphatic carbocycles. The quantitative estimate of drug-likeness (QED) is 0.581. The van der Waals surface area contributed by atoms with Crippen molar-refractivity contribution < 1.29 is 0 Å². The van der Waals surface area contributed by atoms with Crippen LogP contribution in [0.4, 0.5) is 0 Å².